The lowest BCUT2D eigenvalue weighted by Gasteiger charge is -2.26. The maximum absolute atomic E-state index is 11.6. The second-order valence-electron chi connectivity index (χ2n) is 4.69. The zero-order valence-corrected chi connectivity index (χ0v) is 10.8. The molecule has 1 aliphatic carbocycles. The molecule has 1 unspecified atom stereocenters. The zero-order valence-electron chi connectivity index (χ0n) is 9.95. The van der Waals surface area contributed by atoms with E-state index in [9.17, 15) is 9.59 Å². The highest BCUT2D eigenvalue weighted by molar-refractivity contribution is 8.00. The molecule has 0 aromatic rings. The summed E-state index contributed by atoms with van der Waals surface area (Å²) in [6.07, 6.45) is 1.78. The Hall–Kier alpha value is -0.710. The van der Waals surface area contributed by atoms with Crippen molar-refractivity contribution in [1.82, 2.24) is 5.32 Å². The summed E-state index contributed by atoms with van der Waals surface area (Å²) in [6.45, 7) is 5.62. The molecule has 1 atom stereocenters. The Bertz CT molecular complexity index is 289. The van der Waals surface area contributed by atoms with Gasteiger partial charge in [-0.05, 0) is 30.9 Å². The number of hydrogen-bond acceptors (Lipinski definition) is 3. The summed E-state index contributed by atoms with van der Waals surface area (Å²) >= 11 is 1.52. The minimum absolute atomic E-state index is 0.0954. The van der Waals surface area contributed by atoms with Gasteiger partial charge in [-0.3, -0.25) is 4.79 Å². The van der Waals surface area contributed by atoms with E-state index in [1.807, 2.05) is 13.8 Å². The first kappa shape index (κ1) is 13.4. The van der Waals surface area contributed by atoms with Crippen molar-refractivity contribution in [2.75, 3.05) is 5.75 Å². The molecule has 5 heteroatoms. The number of aliphatic carboxylic acids is 1. The van der Waals surface area contributed by atoms with Crippen LogP contribution in [0.25, 0.3) is 0 Å². The lowest BCUT2D eigenvalue weighted by molar-refractivity contribution is -0.147. The van der Waals surface area contributed by atoms with Gasteiger partial charge in [0.2, 0.25) is 5.91 Å². The molecule has 1 aliphatic rings. The molecule has 1 rings (SSSR count). The summed E-state index contributed by atoms with van der Waals surface area (Å²) in [6, 6.07) is 0. The molecule has 0 saturated heterocycles. The van der Waals surface area contributed by atoms with Crippen LogP contribution in [0.1, 0.15) is 33.6 Å². The van der Waals surface area contributed by atoms with Crippen molar-refractivity contribution in [2.45, 2.75) is 44.4 Å². The molecule has 1 fully saturated rings. The van der Waals surface area contributed by atoms with E-state index in [-0.39, 0.29) is 11.8 Å². The molecule has 4 nitrogen and oxygen atoms in total. The molecule has 0 aromatic carbocycles. The van der Waals surface area contributed by atoms with E-state index < -0.39 is 11.5 Å². The van der Waals surface area contributed by atoms with Crippen LogP contribution in [0, 0.1) is 5.92 Å². The summed E-state index contributed by atoms with van der Waals surface area (Å²) in [7, 11) is 0. The summed E-state index contributed by atoms with van der Waals surface area (Å²) in [4.78, 5) is 22.8. The van der Waals surface area contributed by atoms with Gasteiger partial charge < -0.3 is 10.4 Å². The predicted molar refractivity (Wildman–Crippen MR) is 64.5 cm³/mol. The van der Waals surface area contributed by atoms with Crippen molar-refractivity contribution >= 4 is 23.6 Å². The Balaban J connectivity index is 2.49. The van der Waals surface area contributed by atoms with Gasteiger partial charge in [-0.1, -0.05) is 13.8 Å². The lowest BCUT2D eigenvalue weighted by atomic mass is 9.96. The average molecular weight is 245 g/mol. The number of carboxylic acid groups (broad SMARTS) is 1. The van der Waals surface area contributed by atoms with Gasteiger partial charge >= 0.3 is 5.97 Å². The smallest absolute Gasteiger partial charge is 0.329 e. The molecule has 0 aliphatic heterocycles. The minimum atomic E-state index is -1.07. The number of thioether (sulfide) groups is 1. The molecule has 92 valence electrons. The van der Waals surface area contributed by atoms with E-state index >= 15 is 0 Å². The second kappa shape index (κ2) is 5.08. The fraction of sp³-hybridized carbons (Fsp3) is 0.818. The van der Waals surface area contributed by atoms with Crippen molar-refractivity contribution in [3.8, 4) is 0 Å². The first-order chi connectivity index (χ1) is 7.36. The first-order valence-electron chi connectivity index (χ1n) is 5.52. The third-order valence-corrected chi connectivity index (χ3v) is 3.88. The van der Waals surface area contributed by atoms with E-state index in [1.54, 1.807) is 6.92 Å². The Morgan fingerprint density at radius 1 is 1.50 bits per heavy atom. The van der Waals surface area contributed by atoms with E-state index in [1.165, 1.54) is 11.8 Å². The highest BCUT2D eigenvalue weighted by Gasteiger charge is 2.48. The van der Waals surface area contributed by atoms with Crippen LogP contribution in [-0.2, 0) is 9.59 Å². The van der Waals surface area contributed by atoms with E-state index in [2.05, 4.69) is 5.32 Å². The number of hydrogen-bond donors (Lipinski definition) is 2. The standard InChI is InChI=1S/C11H19NO3S/c1-7(2)16-6-9(13)12-11(3,10(14)15)8-4-5-8/h7-8H,4-6H2,1-3H3,(H,12,13)(H,14,15). The molecule has 0 spiro atoms. The Kier molecular flexibility index (Phi) is 4.24. The maximum Gasteiger partial charge on any atom is 0.329 e. The Morgan fingerprint density at radius 3 is 2.44 bits per heavy atom. The first-order valence-corrected chi connectivity index (χ1v) is 6.57. The van der Waals surface area contributed by atoms with Crippen LogP contribution >= 0.6 is 11.8 Å². The topological polar surface area (TPSA) is 66.4 Å². The van der Waals surface area contributed by atoms with E-state index in [4.69, 9.17) is 5.11 Å². The Morgan fingerprint density at radius 2 is 2.06 bits per heavy atom. The minimum Gasteiger partial charge on any atom is -0.480 e. The predicted octanol–water partition coefficient (Wildman–Crippen LogP) is 1.50. The van der Waals surface area contributed by atoms with Crippen LogP contribution in [0.5, 0.6) is 0 Å². The fourth-order valence-corrected chi connectivity index (χ4v) is 2.12. The molecular weight excluding hydrogens is 226 g/mol. The van der Waals surface area contributed by atoms with Crippen LogP contribution in [0.15, 0.2) is 0 Å². The Labute approximate surface area is 100 Å². The number of rotatable bonds is 6. The van der Waals surface area contributed by atoms with Crippen LogP contribution in [0.4, 0.5) is 0 Å². The lowest BCUT2D eigenvalue weighted by Crippen LogP contribution is -2.54. The number of amides is 1. The van der Waals surface area contributed by atoms with Gasteiger partial charge in [0.1, 0.15) is 5.54 Å². The van der Waals surface area contributed by atoms with E-state index in [0.717, 1.165) is 12.8 Å². The van der Waals surface area contributed by atoms with Crippen LogP contribution in [0.3, 0.4) is 0 Å². The highest BCUT2D eigenvalue weighted by Crippen LogP contribution is 2.39. The van der Waals surface area contributed by atoms with Crippen molar-refractivity contribution in [3.63, 3.8) is 0 Å². The van der Waals surface area contributed by atoms with Gasteiger partial charge in [0.15, 0.2) is 0 Å². The monoisotopic (exact) mass is 245 g/mol. The van der Waals surface area contributed by atoms with Crippen molar-refractivity contribution in [1.29, 1.82) is 0 Å². The third kappa shape index (κ3) is 3.40. The molecule has 1 amide bonds. The van der Waals surface area contributed by atoms with Crippen molar-refractivity contribution in [2.24, 2.45) is 5.92 Å². The van der Waals surface area contributed by atoms with Crippen LogP contribution < -0.4 is 5.32 Å². The van der Waals surface area contributed by atoms with Gasteiger partial charge in [0.05, 0.1) is 5.75 Å². The third-order valence-electron chi connectivity index (χ3n) is 2.78. The molecule has 16 heavy (non-hydrogen) atoms. The number of nitrogens with one attached hydrogen (secondary N) is 1. The van der Waals surface area contributed by atoms with Crippen molar-refractivity contribution in [3.05, 3.63) is 0 Å². The SMILES string of the molecule is CC(C)SCC(=O)NC(C)(C(=O)O)C1CC1. The zero-order chi connectivity index (χ0) is 12.3. The summed E-state index contributed by atoms with van der Waals surface area (Å²) in [5, 5.41) is 12.2. The average Bonchev–Trinajstić information content (AvgIpc) is 2.97. The van der Waals surface area contributed by atoms with Gasteiger partial charge in [0.25, 0.3) is 0 Å². The van der Waals surface area contributed by atoms with Gasteiger partial charge in [-0.25, -0.2) is 4.79 Å². The van der Waals surface area contributed by atoms with Crippen LogP contribution in [0.2, 0.25) is 0 Å². The van der Waals surface area contributed by atoms with E-state index in [0.29, 0.717) is 11.0 Å². The van der Waals surface area contributed by atoms with Gasteiger partial charge in [-0.15, -0.1) is 11.8 Å². The normalized spacial score (nSPS) is 19.2. The molecule has 0 radical (unpaired) electrons. The van der Waals surface area contributed by atoms with Crippen LogP contribution in [-0.4, -0.2) is 33.5 Å². The molecule has 0 aromatic heterocycles. The molecule has 2 N–H and O–H groups in total. The number of carbonyl (C=O) groups excluding carboxylic acids is 1. The highest BCUT2D eigenvalue weighted by atomic mass is 32.2. The summed E-state index contributed by atoms with van der Waals surface area (Å²) in [5.41, 5.74) is -1.07. The largest absolute Gasteiger partial charge is 0.480 e. The van der Waals surface area contributed by atoms with Gasteiger partial charge in [0, 0.05) is 0 Å². The molecule has 1 saturated carbocycles. The molecular formula is C11H19NO3S. The number of carbonyl (C=O) groups is 2. The quantitative estimate of drug-likeness (QED) is 0.744. The molecule has 0 bridgehead atoms. The summed E-state index contributed by atoms with van der Waals surface area (Å²) < 4.78 is 0. The number of carboxylic acids is 1. The summed E-state index contributed by atoms with van der Waals surface area (Å²) in [5.74, 6) is -0.695. The fourth-order valence-electron chi connectivity index (χ4n) is 1.56. The van der Waals surface area contributed by atoms with Gasteiger partial charge in [-0.2, -0.15) is 0 Å². The molecule has 0 heterocycles. The van der Waals surface area contributed by atoms with Crippen molar-refractivity contribution < 1.29 is 14.7 Å². The maximum atomic E-state index is 11.6. The second-order valence-corrected chi connectivity index (χ2v) is 6.25.